The van der Waals surface area contributed by atoms with E-state index >= 15 is 0 Å². The summed E-state index contributed by atoms with van der Waals surface area (Å²) in [7, 11) is 0. The van der Waals surface area contributed by atoms with E-state index in [2.05, 4.69) is 5.32 Å². The highest BCUT2D eigenvalue weighted by molar-refractivity contribution is 6.31. The fraction of sp³-hybridized carbons (Fsp3) is 0.364. The van der Waals surface area contributed by atoms with E-state index in [9.17, 15) is 4.79 Å². The molecule has 4 heteroatoms. The van der Waals surface area contributed by atoms with E-state index in [4.69, 9.17) is 16.3 Å². The van der Waals surface area contributed by atoms with Gasteiger partial charge in [0.25, 0.3) is 0 Å². The molecule has 1 aromatic carbocycles. The highest BCUT2D eigenvalue weighted by Gasteiger charge is 2.04. The number of benzene rings is 1. The molecule has 0 spiro atoms. The van der Waals surface area contributed by atoms with E-state index in [1.54, 1.807) is 6.07 Å². The second-order valence-corrected chi connectivity index (χ2v) is 3.44. The molecule has 3 nitrogen and oxygen atoms in total. The van der Waals surface area contributed by atoms with Crippen LogP contribution in [0.3, 0.4) is 0 Å². The van der Waals surface area contributed by atoms with E-state index in [0.29, 0.717) is 5.02 Å². The average Bonchev–Trinajstić information content (AvgIpc) is 2.25. The Morgan fingerprint density at radius 2 is 2.20 bits per heavy atom. The predicted octanol–water partition coefficient (Wildman–Crippen LogP) is 1.99. The van der Waals surface area contributed by atoms with Gasteiger partial charge < -0.3 is 10.1 Å². The molecule has 0 saturated heterocycles. The number of likely N-dealkylation sites (N-methyl/N-ethyl adjacent to an activating group) is 1. The molecule has 0 heterocycles. The molecule has 0 aliphatic heterocycles. The van der Waals surface area contributed by atoms with Gasteiger partial charge in [-0.2, -0.15) is 0 Å². The van der Waals surface area contributed by atoms with Gasteiger partial charge in [-0.25, -0.2) is 0 Å². The summed E-state index contributed by atoms with van der Waals surface area (Å²) in [5.41, 5.74) is 0.823. The molecule has 1 aromatic rings. The van der Waals surface area contributed by atoms with Crippen LogP contribution in [0.25, 0.3) is 0 Å². The van der Waals surface area contributed by atoms with E-state index < -0.39 is 0 Å². The van der Waals surface area contributed by atoms with Crippen molar-refractivity contribution in [3.05, 3.63) is 34.9 Å². The van der Waals surface area contributed by atoms with Crippen molar-refractivity contribution in [3.8, 4) is 0 Å². The van der Waals surface area contributed by atoms with E-state index in [1.165, 1.54) is 0 Å². The molecule has 0 aromatic heterocycles. The number of carbonyl (C=O) groups is 1. The average molecular weight is 228 g/mol. The van der Waals surface area contributed by atoms with Crippen molar-refractivity contribution in [2.24, 2.45) is 0 Å². The normalized spacial score (nSPS) is 10.0. The van der Waals surface area contributed by atoms with E-state index in [0.717, 1.165) is 12.1 Å². The summed E-state index contributed by atoms with van der Waals surface area (Å²) in [6.45, 7) is 3.15. The van der Waals surface area contributed by atoms with Crippen LogP contribution in [-0.4, -0.2) is 19.1 Å². The Balaban J connectivity index is 2.37. The zero-order chi connectivity index (χ0) is 11.1. The largest absolute Gasteiger partial charge is 0.460 e. The van der Waals surface area contributed by atoms with Gasteiger partial charge in [0.2, 0.25) is 0 Å². The number of rotatable bonds is 5. The molecule has 0 aliphatic carbocycles. The predicted molar refractivity (Wildman–Crippen MR) is 59.8 cm³/mol. The van der Waals surface area contributed by atoms with Crippen LogP contribution < -0.4 is 5.32 Å². The van der Waals surface area contributed by atoms with Crippen molar-refractivity contribution in [2.75, 3.05) is 13.1 Å². The van der Waals surface area contributed by atoms with Crippen molar-refractivity contribution in [3.63, 3.8) is 0 Å². The maximum Gasteiger partial charge on any atom is 0.320 e. The lowest BCUT2D eigenvalue weighted by molar-refractivity contribution is -0.143. The second kappa shape index (κ2) is 6.43. The lowest BCUT2D eigenvalue weighted by Crippen LogP contribution is -2.24. The molecular weight excluding hydrogens is 214 g/mol. The fourth-order valence-corrected chi connectivity index (χ4v) is 1.24. The summed E-state index contributed by atoms with van der Waals surface area (Å²) < 4.78 is 5.03. The third-order valence-corrected chi connectivity index (χ3v) is 2.23. The minimum Gasteiger partial charge on any atom is -0.460 e. The number of nitrogens with one attached hydrogen (secondary N) is 1. The molecule has 15 heavy (non-hydrogen) atoms. The molecule has 0 atom stereocenters. The number of hydrogen-bond donors (Lipinski definition) is 1. The van der Waals surface area contributed by atoms with Crippen molar-refractivity contribution in [1.82, 2.24) is 5.32 Å². The van der Waals surface area contributed by atoms with Crippen LogP contribution in [0.1, 0.15) is 12.5 Å². The molecule has 82 valence electrons. The smallest absolute Gasteiger partial charge is 0.320 e. The Hall–Kier alpha value is -1.06. The Bertz CT molecular complexity index is 328. The van der Waals surface area contributed by atoms with Crippen LogP contribution in [0.4, 0.5) is 0 Å². The molecule has 0 saturated carbocycles. The molecule has 0 fully saturated rings. The van der Waals surface area contributed by atoms with Gasteiger partial charge in [0.15, 0.2) is 0 Å². The van der Waals surface area contributed by atoms with Crippen LogP contribution in [0.5, 0.6) is 0 Å². The van der Waals surface area contributed by atoms with Crippen molar-refractivity contribution >= 4 is 17.6 Å². The van der Waals surface area contributed by atoms with Crippen LogP contribution >= 0.6 is 11.6 Å². The Kier molecular flexibility index (Phi) is 5.15. The van der Waals surface area contributed by atoms with Gasteiger partial charge in [-0.15, -0.1) is 0 Å². The topological polar surface area (TPSA) is 38.3 Å². The van der Waals surface area contributed by atoms with Crippen molar-refractivity contribution in [2.45, 2.75) is 13.5 Å². The van der Waals surface area contributed by atoms with Gasteiger partial charge in [0.1, 0.15) is 6.61 Å². The first-order valence-corrected chi connectivity index (χ1v) is 5.21. The van der Waals surface area contributed by atoms with Crippen LogP contribution in [0, 0.1) is 0 Å². The van der Waals surface area contributed by atoms with Crippen LogP contribution in [0.2, 0.25) is 5.02 Å². The van der Waals surface area contributed by atoms with Gasteiger partial charge in [-0.1, -0.05) is 36.7 Å². The summed E-state index contributed by atoms with van der Waals surface area (Å²) in [6.07, 6.45) is 0. The van der Waals surface area contributed by atoms with Gasteiger partial charge >= 0.3 is 5.97 Å². The number of esters is 1. The third-order valence-electron chi connectivity index (χ3n) is 1.87. The Morgan fingerprint density at radius 1 is 1.47 bits per heavy atom. The first kappa shape index (κ1) is 12.0. The number of hydrogen-bond acceptors (Lipinski definition) is 3. The summed E-state index contributed by atoms with van der Waals surface area (Å²) in [6, 6.07) is 7.31. The van der Waals surface area contributed by atoms with Crippen molar-refractivity contribution in [1.29, 1.82) is 0 Å². The SMILES string of the molecule is CCNCC(=O)OCc1ccccc1Cl. The molecule has 1 rings (SSSR count). The molecule has 0 unspecified atom stereocenters. The van der Waals surface area contributed by atoms with Crippen LogP contribution in [-0.2, 0) is 16.1 Å². The lowest BCUT2D eigenvalue weighted by Gasteiger charge is -2.06. The minimum absolute atomic E-state index is 0.226. The molecular formula is C11H14ClNO2. The van der Waals surface area contributed by atoms with Gasteiger partial charge in [0, 0.05) is 10.6 Å². The zero-order valence-corrected chi connectivity index (χ0v) is 9.38. The molecule has 0 amide bonds. The lowest BCUT2D eigenvalue weighted by atomic mass is 10.2. The highest BCUT2D eigenvalue weighted by Crippen LogP contribution is 2.15. The minimum atomic E-state index is -0.267. The van der Waals surface area contributed by atoms with Gasteiger partial charge in [-0.05, 0) is 12.6 Å². The third kappa shape index (κ3) is 4.32. The standard InChI is InChI=1S/C11H14ClNO2/c1-2-13-7-11(14)15-8-9-5-3-4-6-10(9)12/h3-6,13H,2,7-8H2,1H3. The highest BCUT2D eigenvalue weighted by atomic mass is 35.5. The first-order chi connectivity index (χ1) is 7.24. The zero-order valence-electron chi connectivity index (χ0n) is 8.63. The van der Waals surface area contributed by atoms with Gasteiger partial charge in [0.05, 0.1) is 6.54 Å². The number of carbonyl (C=O) groups excluding carboxylic acids is 1. The summed E-state index contributed by atoms with van der Waals surface area (Å²) in [5, 5.41) is 3.51. The van der Waals surface area contributed by atoms with E-state index in [1.807, 2.05) is 25.1 Å². The first-order valence-electron chi connectivity index (χ1n) is 4.83. The maximum absolute atomic E-state index is 11.2. The van der Waals surface area contributed by atoms with Gasteiger partial charge in [-0.3, -0.25) is 4.79 Å². The summed E-state index contributed by atoms with van der Waals surface area (Å²) >= 11 is 5.91. The summed E-state index contributed by atoms with van der Waals surface area (Å²) in [4.78, 5) is 11.2. The monoisotopic (exact) mass is 227 g/mol. The van der Waals surface area contributed by atoms with Crippen molar-refractivity contribution < 1.29 is 9.53 Å². The quantitative estimate of drug-likeness (QED) is 0.782. The Labute approximate surface area is 94.4 Å². The second-order valence-electron chi connectivity index (χ2n) is 3.03. The molecule has 1 N–H and O–H groups in total. The van der Waals surface area contributed by atoms with E-state index in [-0.39, 0.29) is 19.1 Å². The molecule has 0 radical (unpaired) electrons. The number of ether oxygens (including phenoxy) is 1. The number of halogens is 1. The molecule has 0 bridgehead atoms. The molecule has 0 aliphatic rings. The summed E-state index contributed by atoms with van der Waals surface area (Å²) in [5.74, 6) is -0.267. The maximum atomic E-state index is 11.2. The van der Waals surface area contributed by atoms with Crippen LogP contribution in [0.15, 0.2) is 24.3 Å². The Morgan fingerprint density at radius 3 is 2.87 bits per heavy atom. The fourth-order valence-electron chi connectivity index (χ4n) is 1.05.